The monoisotopic (exact) mass is 710 g/mol. The predicted molar refractivity (Wildman–Crippen MR) is 191 cm³/mol. The van der Waals surface area contributed by atoms with Crippen molar-refractivity contribution < 1.29 is 34.1 Å². The third kappa shape index (κ3) is 10.8. The van der Waals surface area contributed by atoms with Crippen LogP contribution >= 0.6 is 0 Å². The summed E-state index contributed by atoms with van der Waals surface area (Å²) in [6.45, 7) is 5.74. The number of nitrogens with one attached hydrogen (secondary N) is 3. The summed E-state index contributed by atoms with van der Waals surface area (Å²) in [5.41, 5.74) is 1.53. The van der Waals surface area contributed by atoms with E-state index in [4.69, 9.17) is 9.47 Å². The molecular weight excluding hydrogens is 652 g/mol. The number of piperidine rings is 1. The van der Waals surface area contributed by atoms with Gasteiger partial charge < -0.3 is 45.1 Å². The fourth-order valence-electron chi connectivity index (χ4n) is 7.59. The minimum absolute atomic E-state index is 0.0465. The van der Waals surface area contributed by atoms with Gasteiger partial charge >= 0.3 is 6.03 Å². The smallest absolute Gasteiger partial charge is 0.318 e. The van der Waals surface area contributed by atoms with Gasteiger partial charge in [0.15, 0.2) is 5.79 Å². The van der Waals surface area contributed by atoms with Crippen LogP contribution in [0.4, 0.5) is 4.79 Å². The Kier molecular flexibility index (Phi) is 13.9. The number of rotatable bonds is 15. The number of hydrogen-bond acceptors (Lipinski definition) is 8. The number of aliphatic hydroxyl groups excluding tert-OH is 2. The topological polar surface area (TPSA) is 169 Å². The van der Waals surface area contributed by atoms with Crippen molar-refractivity contribution >= 4 is 17.8 Å². The fraction of sp³-hybridized carbons (Fsp3) is 0.684. The Morgan fingerprint density at radius 2 is 1.69 bits per heavy atom. The number of aromatic amines is 1. The van der Waals surface area contributed by atoms with Crippen LogP contribution in [0.25, 0.3) is 0 Å². The molecule has 1 aromatic carbocycles. The molecule has 1 spiro atoms. The summed E-state index contributed by atoms with van der Waals surface area (Å²) in [5.74, 6) is -1.17. The van der Waals surface area contributed by atoms with Crippen molar-refractivity contribution in [2.24, 2.45) is 11.8 Å². The Morgan fingerprint density at radius 1 is 1.00 bits per heavy atom. The predicted octanol–water partition coefficient (Wildman–Crippen LogP) is 3.16. The van der Waals surface area contributed by atoms with Crippen molar-refractivity contribution in [2.45, 2.75) is 121 Å². The molecule has 0 bridgehead atoms. The zero-order chi connectivity index (χ0) is 36.4. The summed E-state index contributed by atoms with van der Waals surface area (Å²) in [6, 6.07) is 6.58. The summed E-state index contributed by atoms with van der Waals surface area (Å²) in [7, 11) is 1.58. The third-order valence-electron chi connectivity index (χ3n) is 10.9. The van der Waals surface area contributed by atoms with E-state index in [1.807, 2.05) is 44.2 Å². The van der Waals surface area contributed by atoms with Gasteiger partial charge in [-0.15, -0.1) is 0 Å². The lowest BCUT2D eigenvalue weighted by molar-refractivity contribution is -0.181. The Hall–Kier alpha value is -3.52. The first-order chi connectivity index (χ1) is 24.5. The lowest BCUT2D eigenvalue weighted by Gasteiger charge is -2.38. The zero-order valence-corrected chi connectivity index (χ0v) is 30.5. The van der Waals surface area contributed by atoms with Gasteiger partial charge in [0.25, 0.3) is 0 Å². The van der Waals surface area contributed by atoms with E-state index in [0.717, 1.165) is 31.2 Å². The number of carbonyl (C=O) groups is 3. The molecule has 282 valence electrons. The van der Waals surface area contributed by atoms with Gasteiger partial charge in [0.1, 0.15) is 12.1 Å². The maximum absolute atomic E-state index is 14.5. The first-order valence-electron chi connectivity index (χ1n) is 18.8. The van der Waals surface area contributed by atoms with Crippen LogP contribution in [0, 0.1) is 11.8 Å². The van der Waals surface area contributed by atoms with E-state index in [-0.39, 0.29) is 31.2 Å². The molecule has 1 aliphatic carbocycles. The highest BCUT2D eigenvalue weighted by atomic mass is 16.7. The number of H-pyrrole nitrogens is 1. The first kappa shape index (κ1) is 38.7. The van der Waals surface area contributed by atoms with Crippen LogP contribution in [-0.2, 0) is 31.9 Å². The maximum atomic E-state index is 14.5. The van der Waals surface area contributed by atoms with Crippen LogP contribution in [0.5, 0.6) is 0 Å². The number of likely N-dealkylation sites (tertiary alicyclic amines) is 1. The molecule has 1 saturated carbocycles. The van der Waals surface area contributed by atoms with Crippen LogP contribution in [0.1, 0.15) is 82.9 Å². The molecule has 3 fully saturated rings. The zero-order valence-electron chi connectivity index (χ0n) is 30.5. The number of likely N-dealkylation sites (N-methyl/N-ethyl adjacent to an activating group) is 1. The second kappa shape index (κ2) is 18.3. The second-order valence-electron chi connectivity index (χ2n) is 15.0. The van der Waals surface area contributed by atoms with Gasteiger partial charge in [-0.05, 0) is 23.8 Å². The average Bonchev–Trinajstić information content (AvgIpc) is 3.83. The van der Waals surface area contributed by atoms with E-state index in [9.17, 15) is 24.6 Å². The molecule has 2 aliphatic heterocycles. The number of aliphatic hydroxyl groups is 2. The molecule has 2 saturated heterocycles. The molecule has 5 N–H and O–H groups in total. The molecule has 1 aromatic heterocycles. The van der Waals surface area contributed by atoms with Gasteiger partial charge in [-0.25, -0.2) is 9.78 Å². The Balaban J connectivity index is 1.34. The van der Waals surface area contributed by atoms with Crippen LogP contribution in [-0.4, -0.2) is 117 Å². The van der Waals surface area contributed by atoms with Gasteiger partial charge in [-0.2, -0.15) is 0 Å². The average molecular weight is 711 g/mol. The van der Waals surface area contributed by atoms with Gasteiger partial charge in [0.05, 0.1) is 37.8 Å². The number of urea groups is 1. The molecule has 2 aromatic rings. The van der Waals surface area contributed by atoms with Crippen molar-refractivity contribution in [3.8, 4) is 0 Å². The van der Waals surface area contributed by atoms with E-state index in [2.05, 4.69) is 20.6 Å². The minimum atomic E-state index is -0.976. The molecule has 0 unspecified atom stereocenters. The standard InChI is InChI=1S/C38H58N6O7/c1-26(2)33(45)23-34(46)30(20-27-10-6-4-7-11-27)41-35(47)32(22-29-24-39-25-40-29)43(3)36(48)31(21-28-12-8-5-9-13-28)42-37(49)44-16-14-38(15-17-44)50-18-19-51-38/h5,8-9,12-13,24-27,30-34,45-46H,4,6-7,10-11,14-23H2,1-3H3,(H,39,40)(H,41,47)(H,42,49)/t30-,31-,32-,33-,34-/m0/s1. The highest BCUT2D eigenvalue weighted by Gasteiger charge is 2.42. The molecule has 4 amide bonds. The van der Waals surface area contributed by atoms with Crippen LogP contribution in [0.2, 0.25) is 0 Å². The fourth-order valence-corrected chi connectivity index (χ4v) is 7.59. The summed E-state index contributed by atoms with van der Waals surface area (Å²) in [4.78, 5) is 52.7. The largest absolute Gasteiger partial charge is 0.393 e. The lowest BCUT2D eigenvalue weighted by atomic mass is 9.82. The normalized spacial score (nSPS) is 20.8. The van der Waals surface area contributed by atoms with Crippen molar-refractivity contribution in [1.82, 2.24) is 30.4 Å². The van der Waals surface area contributed by atoms with E-state index >= 15 is 0 Å². The van der Waals surface area contributed by atoms with Gasteiger partial charge in [0.2, 0.25) is 11.8 Å². The van der Waals surface area contributed by atoms with Crippen molar-refractivity contribution in [3.63, 3.8) is 0 Å². The number of hydrogen-bond donors (Lipinski definition) is 5. The summed E-state index contributed by atoms with van der Waals surface area (Å²) in [6.07, 6.45) is 9.13. The molecule has 5 rings (SSSR count). The number of carbonyl (C=O) groups excluding carboxylic acids is 3. The highest BCUT2D eigenvalue weighted by molar-refractivity contribution is 5.92. The van der Waals surface area contributed by atoms with Gasteiger partial charge in [-0.3, -0.25) is 9.59 Å². The maximum Gasteiger partial charge on any atom is 0.318 e. The number of imidazole rings is 1. The van der Waals surface area contributed by atoms with Crippen LogP contribution < -0.4 is 10.6 Å². The van der Waals surface area contributed by atoms with E-state index in [1.54, 1.807) is 18.1 Å². The second-order valence-corrected chi connectivity index (χ2v) is 15.0. The molecule has 51 heavy (non-hydrogen) atoms. The highest BCUT2D eigenvalue weighted by Crippen LogP contribution is 2.32. The van der Waals surface area contributed by atoms with Crippen LogP contribution in [0.15, 0.2) is 42.9 Å². The summed E-state index contributed by atoms with van der Waals surface area (Å²) >= 11 is 0. The minimum Gasteiger partial charge on any atom is -0.393 e. The quantitative estimate of drug-likeness (QED) is 0.188. The molecular formula is C38H58N6O7. The molecule has 3 heterocycles. The number of amides is 4. The van der Waals surface area contributed by atoms with Crippen LogP contribution in [0.3, 0.4) is 0 Å². The number of ether oxygens (including phenoxy) is 2. The van der Waals surface area contributed by atoms with E-state index in [1.165, 1.54) is 17.6 Å². The third-order valence-corrected chi connectivity index (χ3v) is 10.9. The molecule has 13 nitrogen and oxygen atoms in total. The Bertz CT molecular complexity index is 1370. The van der Waals surface area contributed by atoms with E-state index in [0.29, 0.717) is 57.2 Å². The molecule has 5 atom stereocenters. The number of benzene rings is 1. The number of aromatic nitrogens is 2. The Labute approximate surface area is 301 Å². The molecule has 13 heteroatoms. The van der Waals surface area contributed by atoms with Crippen molar-refractivity contribution in [2.75, 3.05) is 33.4 Å². The van der Waals surface area contributed by atoms with E-state index < -0.39 is 47.9 Å². The first-order valence-corrected chi connectivity index (χ1v) is 18.8. The van der Waals surface area contributed by atoms with Crippen molar-refractivity contribution in [1.29, 1.82) is 0 Å². The lowest BCUT2D eigenvalue weighted by Crippen LogP contribution is -2.59. The van der Waals surface area contributed by atoms with Gasteiger partial charge in [0, 0.05) is 64.1 Å². The summed E-state index contributed by atoms with van der Waals surface area (Å²) in [5, 5.41) is 28.1. The van der Waals surface area contributed by atoms with Crippen molar-refractivity contribution in [3.05, 3.63) is 54.1 Å². The molecule has 3 aliphatic rings. The van der Waals surface area contributed by atoms with Gasteiger partial charge in [-0.1, -0.05) is 76.3 Å². The Morgan fingerprint density at radius 3 is 2.31 bits per heavy atom. The SMILES string of the molecule is CC(C)[C@@H](O)C[C@H](O)[C@H](CC1CCCCC1)NC(=O)[C@H](Cc1cnc[nH]1)N(C)C(=O)[C@H](Cc1ccccc1)NC(=O)N1CCC2(CC1)OCCO2. The molecule has 0 radical (unpaired) electrons. The number of nitrogens with zero attached hydrogens (tertiary/aromatic N) is 3. The summed E-state index contributed by atoms with van der Waals surface area (Å²) < 4.78 is 11.7.